The zero-order valence-corrected chi connectivity index (χ0v) is 12.6. The number of hydrogen-bond donors (Lipinski definition) is 0. The van der Waals surface area contributed by atoms with Gasteiger partial charge in [-0.3, -0.25) is 4.79 Å². The lowest BCUT2D eigenvalue weighted by Crippen LogP contribution is -2.52. The van der Waals surface area contributed by atoms with E-state index in [-0.39, 0.29) is 17.3 Å². The second-order valence-corrected chi connectivity index (χ2v) is 5.97. The molecule has 0 saturated carbocycles. The second kappa shape index (κ2) is 5.04. The Balaban J connectivity index is 2.59. The Hall–Kier alpha value is -1.22. The molecule has 0 aromatic heterocycles. The molecule has 0 aliphatic carbocycles. The Labute approximate surface area is 119 Å². The fourth-order valence-corrected chi connectivity index (χ4v) is 3.19. The van der Waals surface area contributed by atoms with Crippen molar-refractivity contribution in [1.82, 2.24) is 0 Å². The van der Waals surface area contributed by atoms with E-state index >= 15 is 0 Å². The van der Waals surface area contributed by atoms with Crippen molar-refractivity contribution in [2.75, 3.05) is 17.9 Å². The van der Waals surface area contributed by atoms with Crippen LogP contribution < -0.4 is 9.64 Å². The lowest BCUT2D eigenvalue weighted by molar-refractivity contribution is -0.117. The largest absolute Gasteiger partial charge is 0.497 e. The maximum atomic E-state index is 12.2. The summed E-state index contributed by atoms with van der Waals surface area (Å²) in [6, 6.07) is 5.91. The first-order valence-electron chi connectivity index (χ1n) is 6.47. The summed E-state index contributed by atoms with van der Waals surface area (Å²) in [5.74, 6) is 1.11. The number of anilines is 1. The van der Waals surface area contributed by atoms with Crippen molar-refractivity contribution >= 4 is 23.2 Å². The lowest BCUT2D eigenvalue weighted by Gasteiger charge is -2.45. The number of ether oxygens (including phenoxy) is 1. The summed E-state index contributed by atoms with van der Waals surface area (Å²) in [4.78, 5) is 14.0. The molecule has 4 heteroatoms. The van der Waals surface area contributed by atoms with E-state index in [4.69, 9.17) is 16.3 Å². The average molecular weight is 282 g/mol. The van der Waals surface area contributed by atoms with E-state index in [0.29, 0.717) is 5.92 Å². The Morgan fingerprint density at radius 2 is 2.21 bits per heavy atom. The average Bonchev–Trinajstić information content (AvgIpc) is 2.36. The summed E-state index contributed by atoms with van der Waals surface area (Å²) >= 11 is 5.77. The van der Waals surface area contributed by atoms with Crippen molar-refractivity contribution in [3.8, 4) is 5.75 Å². The molecule has 1 amide bonds. The summed E-state index contributed by atoms with van der Waals surface area (Å²) in [5.41, 5.74) is 1.87. The Kier molecular flexibility index (Phi) is 3.77. The van der Waals surface area contributed by atoms with Gasteiger partial charge in [0.2, 0.25) is 5.91 Å². The molecule has 0 unspecified atom stereocenters. The van der Waals surface area contributed by atoms with Crippen LogP contribution in [0.5, 0.6) is 5.75 Å². The normalized spacial score (nSPS) is 20.9. The fourth-order valence-electron chi connectivity index (χ4n) is 3.07. The number of methoxy groups -OCH3 is 1. The van der Waals surface area contributed by atoms with Crippen molar-refractivity contribution in [3.05, 3.63) is 23.8 Å². The highest BCUT2D eigenvalue weighted by Crippen LogP contribution is 2.44. The molecule has 0 fully saturated rings. The summed E-state index contributed by atoms with van der Waals surface area (Å²) in [5, 5.41) is 0. The summed E-state index contributed by atoms with van der Waals surface area (Å²) in [6.45, 7) is 6.35. The second-order valence-electron chi connectivity index (χ2n) is 5.71. The molecular weight excluding hydrogens is 262 g/mol. The van der Waals surface area contributed by atoms with E-state index in [1.807, 2.05) is 23.1 Å². The molecule has 0 radical (unpaired) electrons. The number of amides is 1. The van der Waals surface area contributed by atoms with Crippen molar-refractivity contribution in [1.29, 1.82) is 0 Å². The van der Waals surface area contributed by atoms with Gasteiger partial charge >= 0.3 is 0 Å². The predicted molar refractivity (Wildman–Crippen MR) is 78.3 cm³/mol. The molecule has 1 aromatic carbocycles. The minimum absolute atomic E-state index is 0.00550. The van der Waals surface area contributed by atoms with Crippen LogP contribution in [0.4, 0.5) is 5.69 Å². The van der Waals surface area contributed by atoms with E-state index in [2.05, 4.69) is 20.8 Å². The van der Waals surface area contributed by atoms with Crippen molar-refractivity contribution < 1.29 is 9.53 Å². The molecule has 0 N–H and O–H groups in total. The molecule has 0 saturated heterocycles. The van der Waals surface area contributed by atoms with E-state index in [9.17, 15) is 4.79 Å². The van der Waals surface area contributed by atoms with Crippen LogP contribution in [0.3, 0.4) is 0 Å². The van der Waals surface area contributed by atoms with E-state index in [0.717, 1.165) is 17.9 Å². The number of halogens is 1. The topological polar surface area (TPSA) is 29.5 Å². The van der Waals surface area contributed by atoms with E-state index in [1.54, 1.807) is 7.11 Å². The van der Waals surface area contributed by atoms with Gasteiger partial charge in [-0.25, -0.2) is 0 Å². The first-order valence-corrected chi connectivity index (χ1v) is 7.01. The molecular formula is C15H20ClNO2. The molecule has 1 heterocycles. The monoisotopic (exact) mass is 281 g/mol. The molecule has 19 heavy (non-hydrogen) atoms. The Morgan fingerprint density at radius 1 is 1.53 bits per heavy atom. The van der Waals surface area contributed by atoms with E-state index < -0.39 is 0 Å². The van der Waals surface area contributed by atoms with Gasteiger partial charge in [-0.05, 0) is 37.8 Å². The number of rotatable bonds is 2. The molecule has 2 rings (SSSR count). The van der Waals surface area contributed by atoms with E-state index in [1.165, 1.54) is 5.56 Å². The van der Waals surface area contributed by atoms with Gasteiger partial charge in [-0.15, -0.1) is 11.6 Å². The highest BCUT2D eigenvalue weighted by molar-refractivity contribution is 6.29. The molecule has 104 valence electrons. The number of carbonyl (C=O) groups excluding carboxylic acids is 1. The van der Waals surface area contributed by atoms with Crippen LogP contribution in [0, 0.1) is 0 Å². The molecule has 3 nitrogen and oxygen atoms in total. The minimum atomic E-state index is -0.231. The van der Waals surface area contributed by atoms with Gasteiger partial charge < -0.3 is 9.64 Å². The molecule has 1 atom stereocenters. The number of nitrogens with zero attached hydrogens (tertiary/aromatic N) is 1. The van der Waals surface area contributed by atoms with Crippen molar-refractivity contribution in [3.63, 3.8) is 0 Å². The van der Waals surface area contributed by atoms with Crippen LogP contribution in [0.15, 0.2) is 18.2 Å². The van der Waals surface area contributed by atoms with Gasteiger partial charge in [-0.1, -0.05) is 13.0 Å². The van der Waals surface area contributed by atoms with Gasteiger partial charge in [0, 0.05) is 11.6 Å². The third-order valence-electron chi connectivity index (χ3n) is 3.78. The first-order chi connectivity index (χ1) is 8.90. The molecule has 0 bridgehead atoms. The summed E-state index contributed by atoms with van der Waals surface area (Å²) in [7, 11) is 1.63. The number of hydrogen-bond acceptors (Lipinski definition) is 2. The first kappa shape index (κ1) is 14.2. The smallest absolute Gasteiger partial charge is 0.242 e. The SMILES string of the molecule is COc1ccc2c(c1)N(C(=O)CCl)C(C)(C)C[C@H]2C. The van der Waals surface area contributed by atoms with Crippen molar-refractivity contribution in [2.24, 2.45) is 0 Å². The molecule has 0 spiro atoms. The third kappa shape index (κ3) is 2.44. The number of carbonyl (C=O) groups is 1. The highest BCUT2D eigenvalue weighted by atomic mass is 35.5. The fraction of sp³-hybridized carbons (Fsp3) is 0.533. The van der Waals surface area contributed by atoms with Crippen LogP contribution in [-0.4, -0.2) is 24.4 Å². The lowest BCUT2D eigenvalue weighted by atomic mass is 9.80. The number of benzene rings is 1. The van der Waals surface area contributed by atoms with Crippen LogP contribution in [0.1, 0.15) is 38.7 Å². The zero-order chi connectivity index (χ0) is 14.2. The van der Waals surface area contributed by atoms with Gasteiger partial charge in [0.1, 0.15) is 11.6 Å². The maximum absolute atomic E-state index is 12.2. The standard InChI is InChI=1S/C15H20ClNO2/c1-10-8-15(2,3)17(14(18)9-16)13-7-11(19-4)5-6-12(10)13/h5-7,10H,8-9H2,1-4H3/t10-/m1/s1. The van der Waals surface area contributed by atoms with Crippen LogP contribution in [-0.2, 0) is 4.79 Å². The molecule has 1 aliphatic heterocycles. The Morgan fingerprint density at radius 3 is 2.79 bits per heavy atom. The third-order valence-corrected chi connectivity index (χ3v) is 4.01. The highest BCUT2D eigenvalue weighted by Gasteiger charge is 2.39. The van der Waals surface area contributed by atoms with Crippen LogP contribution >= 0.6 is 11.6 Å². The molecule has 1 aromatic rings. The van der Waals surface area contributed by atoms with Gasteiger partial charge in [-0.2, -0.15) is 0 Å². The van der Waals surface area contributed by atoms with Gasteiger partial charge in [0.05, 0.1) is 12.8 Å². The zero-order valence-electron chi connectivity index (χ0n) is 11.9. The van der Waals surface area contributed by atoms with Crippen LogP contribution in [0.25, 0.3) is 0 Å². The maximum Gasteiger partial charge on any atom is 0.242 e. The number of alkyl halides is 1. The van der Waals surface area contributed by atoms with Crippen molar-refractivity contribution in [2.45, 2.75) is 38.6 Å². The summed E-state index contributed by atoms with van der Waals surface area (Å²) < 4.78 is 5.27. The number of fused-ring (bicyclic) bond motifs is 1. The Bertz CT molecular complexity index is 499. The van der Waals surface area contributed by atoms with Gasteiger partial charge in [0.25, 0.3) is 0 Å². The minimum Gasteiger partial charge on any atom is -0.497 e. The summed E-state index contributed by atoms with van der Waals surface area (Å²) in [6.07, 6.45) is 0.926. The van der Waals surface area contributed by atoms with Gasteiger partial charge in [0.15, 0.2) is 0 Å². The molecule has 1 aliphatic rings. The predicted octanol–water partition coefficient (Wildman–Crippen LogP) is 3.55. The quantitative estimate of drug-likeness (QED) is 0.776. The van der Waals surface area contributed by atoms with Crippen LogP contribution in [0.2, 0.25) is 0 Å².